The Hall–Kier alpha value is -3.66. The highest BCUT2D eigenvalue weighted by atomic mass is 16.3. The van der Waals surface area contributed by atoms with E-state index in [1.54, 1.807) is 24.3 Å². The number of oxazole rings is 1. The number of Topliss-reactive ketones (excluding diaryl/α,β-unsaturated/α-hetero) is 1. The van der Waals surface area contributed by atoms with Crippen molar-refractivity contribution in [3.05, 3.63) is 108 Å². The number of carbonyl (C=O) groups is 1. The summed E-state index contributed by atoms with van der Waals surface area (Å²) in [4.78, 5) is 17.3. The lowest BCUT2D eigenvalue weighted by molar-refractivity contribution is 0.0973. The van der Waals surface area contributed by atoms with E-state index in [1.807, 2.05) is 60.7 Å². The van der Waals surface area contributed by atoms with Gasteiger partial charge in [-0.3, -0.25) is 4.79 Å². The van der Waals surface area contributed by atoms with E-state index in [2.05, 4.69) is 4.98 Å². The van der Waals surface area contributed by atoms with Gasteiger partial charge in [-0.25, -0.2) is 4.98 Å². The number of hydrogen-bond donors (Lipinski definition) is 1. The van der Waals surface area contributed by atoms with Crippen molar-refractivity contribution < 1.29 is 14.3 Å². The van der Waals surface area contributed by atoms with Crippen LogP contribution in [0.25, 0.3) is 11.5 Å². The van der Waals surface area contributed by atoms with Crippen LogP contribution in [0.4, 0.5) is 0 Å². The zero-order valence-corrected chi connectivity index (χ0v) is 15.2. The summed E-state index contributed by atoms with van der Waals surface area (Å²) in [6.07, 6.45) is 1.64. The van der Waals surface area contributed by atoms with Crippen molar-refractivity contribution in [1.29, 1.82) is 0 Å². The Morgan fingerprint density at radius 3 is 2.04 bits per heavy atom. The number of phenols is 1. The number of ketones is 1. The molecule has 1 aromatic heterocycles. The Morgan fingerprint density at radius 2 is 1.43 bits per heavy atom. The molecule has 0 atom stereocenters. The third-order valence-electron chi connectivity index (χ3n) is 4.72. The van der Waals surface area contributed by atoms with Crippen molar-refractivity contribution in [2.75, 3.05) is 0 Å². The average molecular weight is 369 g/mol. The SMILES string of the molecule is O=C(CC(c1ccccc1)c1ccccc1)c1coc(-c2ccccc2O)n1. The van der Waals surface area contributed by atoms with E-state index < -0.39 is 0 Å². The molecule has 4 heteroatoms. The van der Waals surface area contributed by atoms with Gasteiger partial charge in [0.05, 0.1) is 5.56 Å². The largest absolute Gasteiger partial charge is 0.507 e. The third kappa shape index (κ3) is 3.71. The predicted octanol–water partition coefficient (Wildman–Crippen LogP) is 5.45. The van der Waals surface area contributed by atoms with Gasteiger partial charge in [0.25, 0.3) is 0 Å². The fourth-order valence-corrected chi connectivity index (χ4v) is 3.27. The number of para-hydroxylation sites is 1. The lowest BCUT2D eigenvalue weighted by Crippen LogP contribution is -2.09. The van der Waals surface area contributed by atoms with E-state index in [-0.39, 0.29) is 35.5 Å². The lowest BCUT2D eigenvalue weighted by atomic mass is 9.87. The molecule has 1 heterocycles. The maximum absolute atomic E-state index is 12.9. The van der Waals surface area contributed by atoms with Gasteiger partial charge in [-0.2, -0.15) is 0 Å². The minimum absolute atomic E-state index is 0.0646. The predicted molar refractivity (Wildman–Crippen MR) is 107 cm³/mol. The Bertz CT molecular complexity index is 1030. The first kappa shape index (κ1) is 17.7. The molecule has 0 saturated carbocycles. The number of hydrogen-bond acceptors (Lipinski definition) is 4. The molecular formula is C24H19NO3. The minimum Gasteiger partial charge on any atom is -0.507 e. The van der Waals surface area contributed by atoms with Crippen molar-refractivity contribution in [3.8, 4) is 17.2 Å². The summed E-state index contributed by atoms with van der Waals surface area (Å²) in [5, 5.41) is 9.97. The molecule has 0 aliphatic carbocycles. The molecule has 0 radical (unpaired) electrons. The number of phenolic OH excluding ortho intramolecular Hbond substituents is 1. The molecule has 0 aliphatic heterocycles. The summed E-state index contributed by atoms with van der Waals surface area (Å²) >= 11 is 0. The molecule has 0 saturated heterocycles. The molecule has 0 bridgehead atoms. The average Bonchev–Trinajstić information content (AvgIpc) is 3.23. The van der Waals surface area contributed by atoms with Crippen LogP contribution >= 0.6 is 0 Å². The first-order valence-corrected chi connectivity index (χ1v) is 9.09. The Labute approximate surface area is 163 Å². The molecule has 4 aromatic rings. The van der Waals surface area contributed by atoms with Crippen LogP contribution in [0.3, 0.4) is 0 Å². The van der Waals surface area contributed by atoms with Crippen LogP contribution in [-0.2, 0) is 0 Å². The molecule has 4 rings (SSSR count). The van der Waals surface area contributed by atoms with Crippen molar-refractivity contribution in [2.45, 2.75) is 12.3 Å². The quantitative estimate of drug-likeness (QED) is 0.459. The second-order valence-electron chi connectivity index (χ2n) is 6.56. The number of benzene rings is 3. The van der Waals surface area contributed by atoms with E-state index >= 15 is 0 Å². The van der Waals surface area contributed by atoms with Crippen LogP contribution in [0.1, 0.15) is 34.0 Å². The van der Waals surface area contributed by atoms with Crippen molar-refractivity contribution in [2.24, 2.45) is 0 Å². The standard InChI is InChI=1S/C24H19NO3/c26-22-14-8-7-13-19(22)24-25-21(16-28-24)23(27)15-20(17-9-3-1-4-10-17)18-11-5-2-6-12-18/h1-14,16,20,26H,15H2. The van der Waals surface area contributed by atoms with Crippen LogP contribution in [-0.4, -0.2) is 15.9 Å². The van der Waals surface area contributed by atoms with Crippen LogP contribution in [0.15, 0.2) is 95.6 Å². The van der Waals surface area contributed by atoms with E-state index in [0.717, 1.165) is 11.1 Å². The zero-order valence-electron chi connectivity index (χ0n) is 15.2. The molecular weight excluding hydrogens is 350 g/mol. The van der Waals surface area contributed by atoms with E-state index in [9.17, 15) is 9.90 Å². The summed E-state index contributed by atoms with van der Waals surface area (Å²) in [6, 6.07) is 26.7. The van der Waals surface area contributed by atoms with Gasteiger partial charge in [0.2, 0.25) is 5.89 Å². The minimum atomic E-state index is -0.108. The lowest BCUT2D eigenvalue weighted by Gasteiger charge is -2.16. The van der Waals surface area contributed by atoms with Gasteiger partial charge in [0.15, 0.2) is 5.78 Å². The number of nitrogens with zero attached hydrogens (tertiary/aromatic N) is 1. The topological polar surface area (TPSA) is 63.3 Å². The molecule has 28 heavy (non-hydrogen) atoms. The highest BCUT2D eigenvalue weighted by Gasteiger charge is 2.22. The van der Waals surface area contributed by atoms with Gasteiger partial charge in [0.1, 0.15) is 17.7 Å². The van der Waals surface area contributed by atoms with Gasteiger partial charge in [0, 0.05) is 12.3 Å². The van der Waals surface area contributed by atoms with Gasteiger partial charge in [-0.1, -0.05) is 72.8 Å². The van der Waals surface area contributed by atoms with Gasteiger partial charge < -0.3 is 9.52 Å². The monoisotopic (exact) mass is 369 g/mol. The maximum Gasteiger partial charge on any atom is 0.230 e. The molecule has 0 fully saturated rings. The Balaban J connectivity index is 1.61. The third-order valence-corrected chi connectivity index (χ3v) is 4.72. The first-order chi connectivity index (χ1) is 13.7. The molecule has 4 nitrogen and oxygen atoms in total. The zero-order chi connectivity index (χ0) is 19.3. The van der Waals surface area contributed by atoms with Crippen LogP contribution in [0, 0.1) is 0 Å². The van der Waals surface area contributed by atoms with Gasteiger partial charge in [-0.15, -0.1) is 0 Å². The normalized spacial score (nSPS) is 10.9. The fraction of sp³-hybridized carbons (Fsp3) is 0.0833. The van der Waals surface area contributed by atoms with Crippen LogP contribution in [0.2, 0.25) is 0 Å². The maximum atomic E-state index is 12.9. The number of rotatable bonds is 6. The number of carbonyl (C=O) groups excluding carboxylic acids is 1. The molecule has 3 aromatic carbocycles. The highest BCUT2D eigenvalue weighted by Crippen LogP contribution is 2.31. The number of aromatic hydroxyl groups is 1. The summed E-state index contributed by atoms with van der Waals surface area (Å²) in [5.74, 6) is 0.121. The summed E-state index contributed by atoms with van der Waals surface area (Å²) in [5.41, 5.74) is 2.87. The fourth-order valence-electron chi connectivity index (χ4n) is 3.27. The Kier molecular flexibility index (Phi) is 5.02. The van der Waals surface area contributed by atoms with E-state index in [0.29, 0.717) is 5.56 Å². The molecule has 0 amide bonds. The highest BCUT2D eigenvalue weighted by molar-refractivity contribution is 5.95. The van der Waals surface area contributed by atoms with Gasteiger partial charge in [-0.05, 0) is 23.3 Å². The Morgan fingerprint density at radius 1 is 0.857 bits per heavy atom. The second kappa shape index (κ2) is 7.92. The van der Waals surface area contributed by atoms with Crippen molar-refractivity contribution in [3.63, 3.8) is 0 Å². The molecule has 0 unspecified atom stereocenters. The first-order valence-electron chi connectivity index (χ1n) is 9.09. The smallest absolute Gasteiger partial charge is 0.230 e. The summed E-state index contributed by atoms with van der Waals surface area (Å²) < 4.78 is 5.45. The molecule has 138 valence electrons. The number of aromatic nitrogens is 1. The van der Waals surface area contributed by atoms with Crippen LogP contribution < -0.4 is 0 Å². The van der Waals surface area contributed by atoms with Gasteiger partial charge >= 0.3 is 0 Å². The van der Waals surface area contributed by atoms with E-state index in [4.69, 9.17) is 4.42 Å². The molecule has 0 spiro atoms. The second-order valence-corrected chi connectivity index (χ2v) is 6.56. The summed E-state index contributed by atoms with van der Waals surface area (Å²) in [7, 11) is 0. The van der Waals surface area contributed by atoms with Crippen LogP contribution in [0.5, 0.6) is 5.75 Å². The summed E-state index contributed by atoms with van der Waals surface area (Å²) in [6.45, 7) is 0. The molecule has 1 N–H and O–H groups in total. The molecule has 0 aliphatic rings. The van der Waals surface area contributed by atoms with Crippen molar-refractivity contribution >= 4 is 5.78 Å². The van der Waals surface area contributed by atoms with E-state index in [1.165, 1.54) is 6.26 Å². The van der Waals surface area contributed by atoms with Crippen molar-refractivity contribution in [1.82, 2.24) is 4.98 Å².